The average Bonchev–Trinajstić information content (AvgIpc) is 3.93. The second kappa shape index (κ2) is 13.9. The first kappa shape index (κ1) is 35.4. The van der Waals surface area contributed by atoms with Crippen LogP contribution in [0.5, 0.6) is 0 Å². The lowest BCUT2D eigenvalue weighted by Crippen LogP contribution is -2.49. The maximum Gasteiger partial charge on any atom is 0.255 e. The van der Waals surface area contributed by atoms with Crippen molar-refractivity contribution in [2.45, 2.75) is 121 Å². The van der Waals surface area contributed by atoms with Gasteiger partial charge in [0, 0.05) is 40.6 Å². The minimum atomic E-state index is -0.489. The van der Waals surface area contributed by atoms with Gasteiger partial charge in [-0.05, 0) is 128 Å². The first-order valence-corrected chi connectivity index (χ1v) is 18.7. The quantitative estimate of drug-likeness (QED) is 0.337. The second-order valence-electron chi connectivity index (χ2n) is 15.5. The Hall–Kier alpha value is -3.98. The van der Waals surface area contributed by atoms with E-state index in [1.165, 1.54) is 43.7 Å². The summed E-state index contributed by atoms with van der Waals surface area (Å²) in [6, 6.07) is 5.88. The Labute approximate surface area is 304 Å². The Morgan fingerprint density at radius 3 is 1.80 bits per heavy atom. The molecule has 8 nitrogen and oxygen atoms in total. The fourth-order valence-corrected chi connectivity index (χ4v) is 10.3. The van der Waals surface area contributed by atoms with Crippen molar-refractivity contribution in [3.05, 3.63) is 93.0 Å². The molecule has 2 bridgehead atoms. The molecule has 5 unspecified atom stereocenters. The third kappa shape index (κ3) is 6.40. The highest BCUT2D eigenvalue weighted by Crippen LogP contribution is 2.54. The number of rotatable bonds is 4. The summed E-state index contributed by atoms with van der Waals surface area (Å²) in [6.07, 6.45) is 12.2. The molecule has 2 N–H and O–H groups in total. The number of carbonyl (C=O) groups excluding carboxylic acids is 4. The average molecular weight is 715 g/mol. The van der Waals surface area contributed by atoms with E-state index >= 15 is 0 Å². The first-order valence-electron chi connectivity index (χ1n) is 18.3. The van der Waals surface area contributed by atoms with E-state index in [1.54, 1.807) is 21.9 Å². The smallest absolute Gasteiger partial charge is 0.255 e. The number of piperidine rings is 2. The summed E-state index contributed by atoms with van der Waals surface area (Å²) in [5.74, 6) is 1.32. The fraction of sp³-hybridized carbons (Fsp3) is 0.512. The van der Waals surface area contributed by atoms with Gasteiger partial charge in [-0.15, -0.1) is 0 Å². The molecule has 2 aromatic carbocycles. The second-order valence-corrected chi connectivity index (χ2v) is 15.9. The van der Waals surface area contributed by atoms with Gasteiger partial charge in [-0.2, -0.15) is 0 Å². The molecule has 7 aliphatic rings. The number of amides is 4. The van der Waals surface area contributed by atoms with Crippen molar-refractivity contribution in [3.63, 3.8) is 0 Å². The molecule has 3 saturated carbocycles. The van der Waals surface area contributed by atoms with Gasteiger partial charge in [0.1, 0.15) is 17.9 Å². The Bertz CT molecular complexity index is 1840. The summed E-state index contributed by atoms with van der Waals surface area (Å²) in [6.45, 7) is 8.54. The largest absolute Gasteiger partial charge is 0.329 e. The highest BCUT2D eigenvalue weighted by molar-refractivity contribution is 6.31. The van der Waals surface area contributed by atoms with Crippen LogP contribution < -0.4 is 10.6 Å². The maximum absolute atomic E-state index is 14.3. The van der Waals surface area contributed by atoms with Gasteiger partial charge in [0.05, 0.1) is 0 Å². The highest BCUT2D eigenvalue weighted by atomic mass is 35.5. The summed E-state index contributed by atoms with van der Waals surface area (Å²) in [7, 11) is 0. The number of fused-ring (bicyclic) bond motifs is 4. The van der Waals surface area contributed by atoms with Gasteiger partial charge in [-0.25, -0.2) is 4.39 Å². The van der Waals surface area contributed by atoms with Crippen LogP contribution in [0.4, 0.5) is 4.39 Å². The topological polar surface area (TPSA) is 98.8 Å². The maximum atomic E-state index is 14.3. The Balaban J connectivity index is 0.000000157. The summed E-state index contributed by atoms with van der Waals surface area (Å²) in [4.78, 5) is 53.9. The number of hydrogen-bond acceptors (Lipinski definition) is 4. The van der Waals surface area contributed by atoms with Crippen LogP contribution >= 0.6 is 11.6 Å². The summed E-state index contributed by atoms with van der Waals surface area (Å²) in [5.41, 5.74) is 6.83. The number of hydrogen-bond donors (Lipinski definition) is 2. The zero-order valence-corrected chi connectivity index (χ0v) is 29.1. The van der Waals surface area contributed by atoms with E-state index in [1.807, 2.05) is 6.07 Å². The molecule has 0 spiro atoms. The minimum absolute atomic E-state index is 0. The molecule has 4 heterocycles. The van der Waals surface area contributed by atoms with Crippen molar-refractivity contribution in [1.82, 2.24) is 20.4 Å². The summed E-state index contributed by atoms with van der Waals surface area (Å²) >= 11 is 6.29. The predicted octanol–water partition coefficient (Wildman–Crippen LogP) is 7.86. The van der Waals surface area contributed by atoms with Crippen LogP contribution in [0.2, 0.25) is 5.02 Å². The standard InChI is InChI=1S/C21H23FN2O2.C19H21ClN2O2.CH4/c1-11-2-5-19(20(25)23-11)24-10-18-16(8-14(22)9-17(18)21(24)26)15-7-12-3-4-13(15)6-12;1-11-6-7-17(18(23)21-11)22-10-16-14(12-4-2-3-5-12)8-13(20)9-15(16)19(22)24;/h8-9,12-13,15,19H,1-7,10H2,(H,23,25);8-9,12,17H,1-7,10H2,(H,21,23);1H4. The predicted molar refractivity (Wildman–Crippen MR) is 194 cm³/mol. The van der Waals surface area contributed by atoms with E-state index in [-0.39, 0.29) is 36.9 Å². The van der Waals surface area contributed by atoms with Gasteiger partial charge in [0.15, 0.2) is 0 Å². The molecule has 3 aliphatic carbocycles. The molecule has 10 heteroatoms. The Morgan fingerprint density at radius 1 is 0.706 bits per heavy atom. The number of carbonyl (C=O) groups is 4. The van der Waals surface area contributed by atoms with Gasteiger partial charge < -0.3 is 20.4 Å². The number of benzene rings is 2. The number of nitrogens with one attached hydrogen (secondary N) is 2. The zero-order chi connectivity index (χ0) is 34.8. The van der Waals surface area contributed by atoms with Crippen LogP contribution in [-0.4, -0.2) is 45.5 Å². The van der Waals surface area contributed by atoms with Gasteiger partial charge >= 0.3 is 0 Å². The molecule has 5 fully saturated rings. The molecule has 270 valence electrons. The molecular formula is C41H48ClFN4O4. The Morgan fingerprint density at radius 2 is 1.27 bits per heavy atom. The molecule has 0 radical (unpaired) electrons. The fourth-order valence-electron chi connectivity index (χ4n) is 10.0. The minimum Gasteiger partial charge on any atom is -0.329 e. The van der Waals surface area contributed by atoms with E-state index in [2.05, 4.69) is 23.8 Å². The van der Waals surface area contributed by atoms with E-state index in [0.717, 1.165) is 47.6 Å². The van der Waals surface area contributed by atoms with Crippen molar-refractivity contribution in [3.8, 4) is 0 Å². The van der Waals surface area contributed by atoms with Crippen LogP contribution in [0, 0.1) is 17.7 Å². The SMILES string of the molecule is C.C=C1CCC(N2Cc3c(cc(Cl)cc3C3CCCC3)C2=O)C(=O)N1.C=C1CCC(N2Cc3c(cc(F)cc3C3CC4CCC3C4)C2=O)C(=O)N1. The summed E-state index contributed by atoms with van der Waals surface area (Å²) in [5, 5.41) is 6.15. The Kier molecular flexibility index (Phi) is 9.63. The van der Waals surface area contributed by atoms with Crippen LogP contribution in [0.15, 0.2) is 48.8 Å². The molecule has 2 aromatic rings. The van der Waals surface area contributed by atoms with Crippen molar-refractivity contribution in [2.24, 2.45) is 11.8 Å². The molecule has 2 saturated heterocycles. The summed E-state index contributed by atoms with van der Waals surface area (Å²) < 4.78 is 14.3. The van der Waals surface area contributed by atoms with Gasteiger partial charge in [-0.3, -0.25) is 19.2 Å². The van der Waals surface area contributed by atoms with Gasteiger partial charge in [0.25, 0.3) is 11.8 Å². The van der Waals surface area contributed by atoms with Crippen LogP contribution in [0.1, 0.15) is 139 Å². The van der Waals surface area contributed by atoms with E-state index < -0.39 is 12.1 Å². The lowest BCUT2D eigenvalue weighted by atomic mass is 9.80. The first-order chi connectivity index (χ1) is 24.0. The molecular weight excluding hydrogens is 667 g/mol. The van der Waals surface area contributed by atoms with Crippen LogP contribution in [0.25, 0.3) is 0 Å². The molecule has 51 heavy (non-hydrogen) atoms. The molecule has 9 rings (SSSR count). The van der Waals surface area contributed by atoms with Gasteiger partial charge in [0.2, 0.25) is 11.8 Å². The van der Waals surface area contributed by atoms with Crippen LogP contribution in [-0.2, 0) is 22.7 Å². The van der Waals surface area contributed by atoms with Crippen LogP contribution in [0.3, 0.4) is 0 Å². The normalized spacial score (nSPS) is 28.3. The third-order valence-electron chi connectivity index (χ3n) is 12.5. The van der Waals surface area contributed by atoms with E-state index in [0.29, 0.717) is 78.4 Å². The number of nitrogens with zero attached hydrogens (tertiary/aromatic N) is 2. The molecule has 5 atom stereocenters. The molecule has 0 aromatic heterocycles. The highest BCUT2D eigenvalue weighted by Gasteiger charge is 2.45. The van der Waals surface area contributed by atoms with Crippen molar-refractivity contribution in [2.75, 3.05) is 0 Å². The van der Waals surface area contributed by atoms with Gasteiger partial charge in [-0.1, -0.05) is 51.4 Å². The van der Waals surface area contributed by atoms with Crippen molar-refractivity contribution >= 4 is 35.2 Å². The third-order valence-corrected chi connectivity index (χ3v) is 12.7. The zero-order valence-electron chi connectivity index (χ0n) is 28.4. The lowest BCUT2D eigenvalue weighted by Gasteiger charge is -2.31. The monoisotopic (exact) mass is 714 g/mol. The van der Waals surface area contributed by atoms with E-state index in [4.69, 9.17) is 11.6 Å². The number of halogens is 2. The molecule has 4 aliphatic heterocycles. The lowest BCUT2D eigenvalue weighted by molar-refractivity contribution is -0.127. The van der Waals surface area contributed by atoms with Crippen molar-refractivity contribution in [1.29, 1.82) is 0 Å². The van der Waals surface area contributed by atoms with Crippen molar-refractivity contribution < 1.29 is 23.6 Å². The van der Waals surface area contributed by atoms with E-state index in [9.17, 15) is 23.6 Å². The molecule has 4 amide bonds. The number of allylic oxidation sites excluding steroid dienone is 2.